The summed E-state index contributed by atoms with van der Waals surface area (Å²) in [6, 6.07) is 8.82. The molecule has 4 radical (unpaired) electrons. The van der Waals surface area contributed by atoms with Crippen LogP contribution in [0.3, 0.4) is 0 Å². The lowest BCUT2D eigenvalue weighted by Crippen LogP contribution is -2.36. The summed E-state index contributed by atoms with van der Waals surface area (Å²) in [5, 5.41) is 40.9. The molecule has 28 heteroatoms. The first-order valence-electron chi connectivity index (χ1n) is 24.1. The Morgan fingerprint density at radius 3 is 1.39 bits per heavy atom. The van der Waals surface area contributed by atoms with Crippen LogP contribution >= 0.6 is 17.1 Å². The summed E-state index contributed by atoms with van der Waals surface area (Å²) in [6.07, 6.45) is -1.96. The molecule has 0 aliphatic carbocycles. The number of nitro groups is 2. The van der Waals surface area contributed by atoms with Gasteiger partial charge in [0.2, 0.25) is 0 Å². The fourth-order valence-corrected chi connectivity index (χ4v) is 11.4. The van der Waals surface area contributed by atoms with Gasteiger partial charge in [-0.25, -0.2) is 14.1 Å². The maximum Gasteiger partial charge on any atom is 0.508 e. The first-order valence-corrected chi connectivity index (χ1v) is 26.4. The van der Waals surface area contributed by atoms with Gasteiger partial charge in [-0.15, -0.1) is 0 Å². The zero-order valence-corrected chi connectivity index (χ0v) is 46.5. The van der Waals surface area contributed by atoms with Crippen LogP contribution in [0, 0.1) is 42.9 Å². The molecule has 0 saturated carbocycles. The van der Waals surface area contributed by atoms with Gasteiger partial charge < -0.3 is 60.7 Å². The first-order chi connectivity index (χ1) is 35.6. The molecule has 2 aliphatic heterocycles. The van der Waals surface area contributed by atoms with Crippen molar-refractivity contribution < 1.29 is 75.4 Å². The molecule has 4 rings (SSSR count). The second-order valence-corrected chi connectivity index (χ2v) is 20.6. The topological polar surface area (TPSA) is 277 Å². The van der Waals surface area contributed by atoms with E-state index in [4.69, 9.17) is 86.9 Å². The minimum Gasteiger partial charge on any atom is -0.493 e. The summed E-state index contributed by atoms with van der Waals surface area (Å²) < 4.78 is 77.2. The van der Waals surface area contributed by atoms with Crippen molar-refractivity contribution >= 4 is 50.3 Å². The van der Waals surface area contributed by atoms with E-state index in [1.54, 1.807) is 0 Å². The van der Waals surface area contributed by atoms with E-state index in [9.17, 15) is 25.0 Å². The highest BCUT2D eigenvalue weighted by atomic mass is 31.2. The number of hydrogen-bond acceptors (Lipinski definition) is 22. The molecule has 8 atom stereocenters. The molecule has 2 aromatic carbocycles. The highest BCUT2D eigenvalue weighted by Gasteiger charge is 2.41. The summed E-state index contributed by atoms with van der Waals surface area (Å²) >= 11 is 0. The van der Waals surface area contributed by atoms with Gasteiger partial charge in [0, 0.05) is 36.2 Å². The van der Waals surface area contributed by atoms with Crippen molar-refractivity contribution in [3.8, 4) is 35.1 Å². The number of nitriles is 2. The third-order valence-corrected chi connectivity index (χ3v) is 15.4. The average Bonchev–Trinajstić information content (AvgIpc) is 3.89. The highest BCUT2D eigenvalue weighted by molar-refractivity contribution is 7.44. The Kier molecular flexibility index (Phi) is 28.3. The minimum absolute atomic E-state index is 0.0456. The van der Waals surface area contributed by atoms with Crippen LogP contribution < -0.4 is 18.9 Å². The van der Waals surface area contributed by atoms with Crippen LogP contribution in [0.15, 0.2) is 24.3 Å². The predicted molar refractivity (Wildman–Crippen MR) is 276 cm³/mol. The third kappa shape index (κ3) is 20.0. The van der Waals surface area contributed by atoms with Crippen LogP contribution in [0.1, 0.15) is 92.2 Å². The fraction of sp³-hybridized carbons (Fsp3) is 0.681. The summed E-state index contributed by atoms with van der Waals surface area (Å²) in [5.41, 5.74) is -0.00472. The van der Waals surface area contributed by atoms with Crippen LogP contribution in [0.2, 0.25) is 0 Å². The van der Waals surface area contributed by atoms with Crippen LogP contribution in [-0.2, 0) is 55.0 Å². The van der Waals surface area contributed by atoms with Crippen molar-refractivity contribution in [3.05, 3.63) is 55.6 Å². The second kappa shape index (κ2) is 32.8. The van der Waals surface area contributed by atoms with Crippen LogP contribution in [-0.4, -0.2) is 156 Å². The van der Waals surface area contributed by atoms with Gasteiger partial charge in [0.15, 0.2) is 23.0 Å². The monoisotopic (exact) mass is 1090 g/mol. The lowest BCUT2D eigenvalue weighted by atomic mass is 9.96. The zero-order valence-electron chi connectivity index (χ0n) is 44.7. The minimum atomic E-state index is -1.56. The van der Waals surface area contributed by atoms with Gasteiger partial charge in [-0.2, -0.15) is 10.5 Å². The molecule has 0 spiro atoms. The van der Waals surface area contributed by atoms with Crippen molar-refractivity contribution in [1.29, 1.82) is 10.5 Å². The quantitative estimate of drug-likeness (QED) is 0.0178. The van der Waals surface area contributed by atoms with E-state index in [0.717, 1.165) is 0 Å². The molecule has 0 bridgehead atoms. The van der Waals surface area contributed by atoms with E-state index in [2.05, 4.69) is 49.2 Å². The van der Waals surface area contributed by atoms with Gasteiger partial charge in [0.1, 0.15) is 41.1 Å². The Morgan fingerprint density at radius 1 is 0.653 bits per heavy atom. The molecule has 2 fully saturated rings. The first kappa shape index (κ1) is 64.6. The smallest absolute Gasteiger partial charge is 0.493 e. The van der Waals surface area contributed by atoms with Crippen molar-refractivity contribution in [2.24, 2.45) is 0 Å². The van der Waals surface area contributed by atoms with Crippen LogP contribution in [0.25, 0.3) is 0 Å². The molecule has 75 heavy (non-hydrogen) atoms. The molecule has 8 unspecified atom stereocenters. The number of nitro benzene ring substituents is 2. The molecule has 0 aromatic heterocycles. The number of hydrogen-bond donors (Lipinski definition) is 0. The zero-order chi connectivity index (χ0) is 55.9. The number of carbonyl (C=O) groups excluding carboxylic acids is 1. The van der Waals surface area contributed by atoms with Crippen molar-refractivity contribution in [2.75, 3.05) is 54.9 Å². The Balaban J connectivity index is 0.000000397. The summed E-state index contributed by atoms with van der Waals surface area (Å²) in [4.78, 5) is 34.3. The Morgan fingerprint density at radius 2 is 1.03 bits per heavy atom. The number of rotatable bonds is 30. The summed E-state index contributed by atoms with van der Waals surface area (Å²) in [7, 11) is 14.6. The van der Waals surface area contributed by atoms with Crippen molar-refractivity contribution in [2.45, 2.75) is 155 Å². The Labute approximate surface area is 444 Å². The number of nitrogens with zero attached hydrogens (tertiary/aromatic N) is 6. The van der Waals surface area contributed by atoms with Crippen molar-refractivity contribution in [1.82, 2.24) is 9.34 Å². The van der Waals surface area contributed by atoms with Crippen LogP contribution in [0.5, 0.6) is 23.0 Å². The number of ether oxygens (including phenoxy) is 9. The largest absolute Gasteiger partial charge is 0.508 e. The molecule has 24 nitrogen and oxygen atoms in total. The average molecular weight is 1090 g/mol. The highest BCUT2D eigenvalue weighted by Crippen LogP contribution is 2.50. The maximum atomic E-state index is 12.3. The lowest BCUT2D eigenvalue weighted by molar-refractivity contribution is -0.386. The Hall–Kier alpha value is -4.68. The van der Waals surface area contributed by atoms with Gasteiger partial charge in [0.05, 0.1) is 125 Å². The SMILES string of the molecule is [B]C1CC(OP(OCCC#N)N(C(C)C)C(C)C)C(COC(=O)OCc2cc(OC)c(OC)cc2[N+](=O)[O-])O1.[B]C1CC(OP(OCCC#N)N(C(C)C)C(C)C)C(COCc2cc(OC)c(OC)cc2[N+](=O)[O-])O1. The molecule has 2 heterocycles. The van der Waals surface area contributed by atoms with Gasteiger partial charge in [0.25, 0.3) is 28.4 Å². The van der Waals surface area contributed by atoms with E-state index >= 15 is 0 Å². The maximum absolute atomic E-state index is 12.3. The molecule has 2 saturated heterocycles. The molecule has 2 aliphatic rings. The fourth-order valence-electron chi connectivity index (χ4n) is 7.84. The van der Waals surface area contributed by atoms with Gasteiger partial charge >= 0.3 is 6.16 Å². The van der Waals surface area contributed by atoms with E-state index in [-0.39, 0.29) is 104 Å². The van der Waals surface area contributed by atoms with E-state index < -0.39 is 76.1 Å². The normalized spacial score (nSPS) is 20.1. The molecule has 0 amide bonds. The van der Waals surface area contributed by atoms with E-state index in [1.807, 2.05) is 27.7 Å². The van der Waals surface area contributed by atoms with E-state index in [1.165, 1.54) is 52.7 Å². The number of carbonyl (C=O) groups is 1. The third-order valence-electron chi connectivity index (χ3n) is 11.0. The molecular formula is C47H70B2N6O18P2. The lowest BCUT2D eigenvalue weighted by Gasteiger charge is -2.37. The summed E-state index contributed by atoms with van der Waals surface area (Å²) in [5.74, 6) is 1.04. The molecule has 412 valence electrons. The van der Waals surface area contributed by atoms with Crippen LogP contribution in [0.4, 0.5) is 16.2 Å². The predicted octanol–water partition coefficient (Wildman–Crippen LogP) is 8.28. The number of benzene rings is 2. The number of methoxy groups -OCH3 is 4. The molecule has 2 aromatic rings. The second-order valence-electron chi connectivity index (χ2n) is 17.8. The molecular weight excluding hydrogens is 1020 g/mol. The van der Waals surface area contributed by atoms with Crippen molar-refractivity contribution in [3.63, 3.8) is 0 Å². The molecule has 0 N–H and O–H groups in total. The summed E-state index contributed by atoms with van der Waals surface area (Å²) in [6.45, 7) is 16.1. The van der Waals surface area contributed by atoms with Gasteiger partial charge in [-0.1, -0.05) is 0 Å². The Bertz CT molecular complexity index is 2190. The van der Waals surface area contributed by atoms with Gasteiger partial charge in [-0.3, -0.25) is 20.2 Å². The van der Waals surface area contributed by atoms with E-state index in [0.29, 0.717) is 24.2 Å². The van der Waals surface area contributed by atoms with Gasteiger partial charge in [-0.05, 0) is 80.4 Å². The standard InChI is InChI=1S/C24H35BN3O10P.C23H35BN3O8P/c1-15(2)27(16(3)4)39(36-9-7-8-26)38-21-12-23(25)37-22(21)14-35-24(29)34-13-17-10-19(32-5)20(33-6)11-18(17)28(30)31;1-15(2)26(16(3)4)36(33-9-7-8-25)35-21-12-23(24)34-22(21)14-32-13-17-10-19(30-5)20(31-6)11-18(17)27(28)29/h10-11,15-16,21-23H,7,9,12-14H2,1-6H3;10-11,15-16,21-23H,7,9,12-14H2,1-6H3.